The maximum absolute atomic E-state index is 4.87. The van der Waals surface area contributed by atoms with Crippen molar-refractivity contribution in [1.82, 2.24) is 25.0 Å². The van der Waals surface area contributed by atoms with Gasteiger partial charge < -0.3 is 14.8 Å². The lowest BCUT2D eigenvalue weighted by molar-refractivity contribution is 0.375. The van der Waals surface area contributed by atoms with Crippen molar-refractivity contribution in [3.05, 3.63) is 47.5 Å². The zero-order valence-electron chi connectivity index (χ0n) is 16.6. The van der Waals surface area contributed by atoms with E-state index in [9.17, 15) is 0 Å². The van der Waals surface area contributed by atoms with Crippen molar-refractivity contribution >= 4 is 29.9 Å². The first-order chi connectivity index (χ1) is 12.7. The third kappa shape index (κ3) is 5.92. The van der Waals surface area contributed by atoms with Crippen LogP contribution in [0.5, 0.6) is 0 Å². The highest BCUT2D eigenvalue weighted by atomic mass is 127. The van der Waals surface area contributed by atoms with E-state index in [-0.39, 0.29) is 24.0 Å². The summed E-state index contributed by atoms with van der Waals surface area (Å²) in [4.78, 5) is 7.24. The van der Waals surface area contributed by atoms with Crippen LogP contribution < -0.4 is 5.32 Å². The Balaban J connectivity index is 0.00000261. The van der Waals surface area contributed by atoms with E-state index >= 15 is 0 Å². The Morgan fingerprint density at radius 2 is 2.04 bits per heavy atom. The standard InChI is InChI=1S/C20H30N6.HI/c1-4-19-24-23-15-26(19)12-10-21-20(22-13-16(2)3)25-11-9-17-7-5-6-8-18(17)14-25;/h5-8,15-16H,4,9-14H2,1-3H3,(H,21,22);1H. The van der Waals surface area contributed by atoms with Crippen molar-refractivity contribution < 1.29 is 0 Å². The lowest BCUT2D eigenvalue weighted by Crippen LogP contribution is -2.45. The van der Waals surface area contributed by atoms with Crippen LogP contribution in [0.25, 0.3) is 0 Å². The van der Waals surface area contributed by atoms with Crippen molar-refractivity contribution in [2.45, 2.75) is 46.7 Å². The Hall–Kier alpha value is -1.64. The van der Waals surface area contributed by atoms with Crippen LogP contribution in [0.1, 0.15) is 37.7 Å². The van der Waals surface area contributed by atoms with E-state index in [0.29, 0.717) is 5.92 Å². The van der Waals surface area contributed by atoms with E-state index in [4.69, 9.17) is 4.99 Å². The Bertz CT molecular complexity index is 740. The van der Waals surface area contributed by atoms with Gasteiger partial charge in [0.05, 0.1) is 0 Å². The maximum Gasteiger partial charge on any atom is 0.194 e. The van der Waals surface area contributed by atoms with Gasteiger partial charge in [0.2, 0.25) is 0 Å². The highest BCUT2D eigenvalue weighted by molar-refractivity contribution is 14.0. The van der Waals surface area contributed by atoms with Crippen LogP contribution in [0, 0.1) is 5.92 Å². The number of guanidine groups is 1. The molecule has 1 aromatic heterocycles. The first kappa shape index (κ1) is 21.7. The molecule has 6 nitrogen and oxygen atoms in total. The molecule has 2 heterocycles. The fraction of sp³-hybridized carbons (Fsp3) is 0.550. The molecule has 148 valence electrons. The van der Waals surface area contributed by atoms with Gasteiger partial charge in [-0.15, -0.1) is 34.2 Å². The minimum absolute atomic E-state index is 0. The molecule has 0 unspecified atom stereocenters. The number of aryl methyl sites for hydroxylation is 1. The Morgan fingerprint density at radius 1 is 1.26 bits per heavy atom. The van der Waals surface area contributed by atoms with Crippen LogP contribution in [0.3, 0.4) is 0 Å². The molecule has 7 heteroatoms. The van der Waals surface area contributed by atoms with E-state index in [1.807, 2.05) is 6.33 Å². The molecule has 1 aromatic carbocycles. The number of nitrogens with one attached hydrogen (secondary N) is 1. The molecular formula is C20H31IN6. The summed E-state index contributed by atoms with van der Waals surface area (Å²) in [6.45, 7) is 11.0. The molecule has 0 spiro atoms. The van der Waals surface area contributed by atoms with Crippen LogP contribution in [0.4, 0.5) is 0 Å². The number of halogens is 1. The number of aromatic nitrogens is 3. The van der Waals surface area contributed by atoms with Crippen molar-refractivity contribution in [2.24, 2.45) is 10.9 Å². The van der Waals surface area contributed by atoms with Gasteiger partial charge in [0, 0.05) is 39.1 Å². The van der Waals surface area contributed by atoms with Crippen LogP contribution in [-0.2, 0) is 25.9 Å². The Kier molecular flexibility index (Phi) is 8.53. The average Bonchev–Trinajstić information content (AvgIpc) is 3.11. The van der Waals surface area contributed by atoms with Crippen molar-refractivity contribution in [3.63, 3.8) is 0 Å². The number of benzene rings is 1. The number of hydrogen-bond acceptors (Lipinski definition) is 3. The summed E-state index contributed by atoms with van der Waals surface area (Å²) in [5.74, 6) is 2.59. The largest absolute Gasteiger partial charge is 0.354 e. The number of nitrogens with zero attached hydrogens (tertiary/aromatic N) is 5. The molecule has 0 amide bonds. The first-order valence-electron chi connectivity index (χ1n) is 9.64. The average molecular weight is 482 g/mol. The second kappa shape index (κ2) is 10.6. The molecule has 0 atom stereocenters. The second-order valence-electron chi connectivity index (χ2n) is 7.22. The molecule has 0 aliphatic carbocycles. The van der Waals surface area contributed by atoms with E-state index in [1.54, 1.807) is 0 Å². The number of rotatable bonds is 6. The Labute approximate surface area is 179 Å². The molecule has 0 saturated carbocycles. The SMILES string of the molecule is CCc1nncn1CCNC(=NCC(C)C)N1CCc2ccccc2C1.I. The monoisotopic (exact) mass is 482 g/mol. The molecule has 1 aliphatic rings. The van der Waals surface area contributed by atoms with Gasteiger partial charge in [-0.1, -0.05) is 45.0 Å². The summed E-state index contributed by atoms with van der Waals surface area (Å²) < 4.78 is 2.11. The summed E-state index contributed by atoms with van der Waals surface area (Å²) in [5.41, 5.74) is 2.87. The van der Waals surface area contributed by atoms with Gasteiger partial charge >= 0.3 is 0 Å². The smallest absolute Gasteiger partial charge is 0.194 e. The molecule has 0 bridgehead atoms. The van der Waals surface area contributed by atoms with Gasteiger partial charge in [-0.05, 0) is 23.5 Å². The van der Waals surface area contributed by atoms with Crippen molar-refractivity contribution in [2.75, 3.05) is 19.6 Å². The highest BCUT2D eigenvalue weighted by Crippen LogP contribution is 2.18. The van der Waals surface area contributed by atoms with Gasteiger partial charge in [-0.25, -0.2) is 0 Å². The van der Waals surface area contributed by atoms with E-state index in [1.165, 1.54) is 11.1 Å². The topological polar surface area (TPSA) is 58.3 Å². The molecule has 0 saturated heterocycles. The summed E-state index contributed by atoms with van der Waals surface area (Å²) in [6, 6.07) is 8.72. The number of hydrogen-bond donors (Lipinski definition) is 1. The fourth-order valence-corrected chi connectivity index (χ4v) is 3.24. The third-order valence-electron chi connectivity index (χ3n) is 4.68. The summed E-state index contributed by atoms with van der Waals surface area (Å²) in [6.07, 6.45) is 3.78. The minimum Gasteiger partial charge on any atom is -0.354 e. The molecule has 1 N–H and O–H groups in total. The van der Waals surface area contributed by atoms with Gasteiger partial charge in [-0.2, -0.15) is 0 Å². The lowest BCUT2D eigenvalue weighted by Gasteiger charge is -2.32. The molecule has 3 rings (SSSR count). The maximum atomic E-state index is 4.87. The molecule has 0 radical (unpaired) electrons. The summed E-state index contributed by atoms with van der Waals surface area (Å²) in [5, 5.41) is 11.7. The minimum atomic E-state index is 0. The molecule has 2 aromatic rings. The molecule has 27 heavy (non-hydrogen) atoms. The Morgan fingerprint density at radius 3 is 2.78 bits per heavy atom. The second-order valence-corrected chi connectivity index (χ2v) is 7.22. The molecular weight excluding hydrogens is 451 g/mol. The zero-order chi connectivity index (χ0) is 18.4. The van der Waals surface area contributed by atoms with E-state index in [2.05, 4.69) is 70.0 Å². The van der Waals surface area contributed by atoms with Gasteiger partial charge in [0.1, 0.15) is 12.2 Å². The zero-order valence-corrected chi connectivity index (χ0v) is 18.9. The van der Waals surface area contributed by atoms with E-state index < -0.39 is 0 Å². The van der Waals surface area contributed by atoms with Crippen LogP contribution in [0.15, 0.2) is 35.6 Å². The summed E-state index contributed by atoms with van der Waals surface area (Å²) >= 11 is 0. The quantitative estimate of drug-likeness (QED) is 0.391. The molecule has 1 aliphatic heterocycles. The third-order valence-corrected chi connectivity index (χ3v) is 4.68. The van der Waals surface area contributed by atoms with Crippen LogP contribution in [-0.4, -0.2) is 45.3 Å². The van der Waals surface area contributed by atoms with Crippen molar-refractivity contribution in [3.8, 4) is 0 Å². The normalized spacial score (nSPS) is 14.1. The van der Waals surface area contributed by atoms with Crippen LogP contribution in [0.2, 0.25) is 0 Å². The number of aliphatic imine (C=N–C) groups is 1. The lowest BCUT2D eigenvalue weighted by atomic mass is 10.0. The summed E-state index contributed by atoms with van der Waals surface area (Å²) in [7, 11) is 0. The van der Waals surface area contributed by atoms with Gasteiger partial charge in [-0.3, -0.25) is 4.99 Å². The fourth-order valence-electron chi connectivity index (χ4n) is 3.24. The van der Waals surface area contributed by atoms with E-state index in [0.717, 1.165) is 57.3 Å². The van der Waals surface area contributed by atoms with Crippen LogP contribution >= 0.6 is 24.0 Å². The predicted octanol–water partition coefficient (Wildman–Crippen LogP) is 3.12. The molecule has 0 fully saturated rings. The highest BCUT2D eigenvalue weighted by Gasteiger charge is 2.19. The number of fused-ring (bicyclic) bond motifs is 1. The van der Waals surface area contributed by atoms with Gasteiger partial charge in [0.15, 0.2) is 5.96 Å². The predicted molar refractivity (Wildman–Crippen MR) is 121 cm³/mol. The van der Waals surface area contributed by atoms with Crippen molar-refractivity contribution in [1.29, 1.82) is 0 Å². The first-order valence-corrected chi connectivity index (χ1v) is 9.64. The van der Waals surface area contributed by atoms with Gasteiger partial charge in [0.25, 0.3) is 0 Å².